The molecule has 2 aromatic rings. The molecule has 0 aromatic heterocycles. The van der Waals surface area contributed by atoms with Gasteiger partial charge in [0.25, 0.3) is 0 Å². The summed E-state index contributed by atoms with van der Waals surface area (Å²) in [6.07, 6.45) is -1.98. The van der Waals surface area contributed by atoms with Gasteiger partial charge < -0.3 is 10.6 Å². The van der Waals surface area contributed by atoms with Crippen LogP contribution in [0.3, 0.4) is 0 Å². The molecule has 2 aromatic carbocycles. The topological polar surface area (TPSA) is 58.2 Å². The van der Waals surface area contributed by atoms with E-state index < -0.39 is 12.1 Å². The number of hydrogen-bond acceptors (Lipinski definition) is 2. The molecule has 136 valence electrons. The molecule has 2 N–H and O–H groups in total. The summed E-state index contributed by atoms with van der Waals surface area (Å²) in [5.74, 6) is -2.37. The molecule has 0 heterocycles. The van der Waals surface area contributed by atoms with Gasteiger partial charge in [-0.15, -0.1) is 0 Å². The summed E-state index contributed by atoms with van der Waals surface area (Å²) in [6.45, 7) is -0.263. The first-order chi connectivity index (χ1) is 12.2. The number of hydrogen-bond donors (Lipinski definition) is 2. The van der Waals surface area contributed by atoms with E-state index in [1.165, 1.54) is 30.3 Å². The van der Waals surface area contributed by atoms with E-state index in [9.17, 15) is 22.8 Å². The largest absolute Gasteiger partial charge is 0.471 e. The second-order valence-corrected chi connectivity index (χ2v) is 5.69. The van der Waals surface area contributed by atoms with Gasteiger partial charge in [0, 0.05) is 23.3 Å². The molecule has 0 aliphatic carbocycles. The lowest BCUT2D eigenvalue weighted by Crippen LogP contribution is -2.36. The molecule has 0 fully saturated rings. The monoisotopic (exact) mass is 382 g/mol. The third kappa shape index (κ3) is 6.25. The molecule has 0 saturated carbocycles. The highest BCUT2D eigenvalue weighted by molar-refractivity contribution is 6.30. The van der Waals surface area contributed by atoms with Crippen molar-refractivity contribution in [3.63, 3.8) is 0 Å². The van der Waals surface area contributed by atoms with Crippen molar-refractivity contribution < 1.29 is 22.8 Å². The number of carbonyl (C=O) groups excluding carboxylic acids is 2. The highest BCUT2D eigenvalue weighted by Gasteiger charge is 2.38. The first-order valence-electron chi connectivity index (χ1n) is 7.42. The minimum atomic E-state index is -4.91. The number of anilines is 1. The Labute approximate surface area is 152 Å². The number of carbonyl (C=O) groups is 2. The van der Waals surface area contributed by atoms with Crippen molar-refractivity contribution >= 4 is 35.2 Å². The molecule has 2 amide bonds. The van der Waals surface area contributed by atoms with Crippen molar-refractivity contribution in [2.45, 2.75) is 12.7 Å². The van der Waals surface area contributed by atoms with Crippen LogP contribution in [0.25, 0.3) is 6.08 Å². The SMILES string of the molecule is O=C(/C=C/c1cccc(Cl)c1)Nc1ccc(CNC(=O)C(F)(F)F)cc1. The van der Waals surface area contributed by atoms with Crippen LogP contribution in [0.15, 0.2) is 54.6 Å². The molecule has 26 heavy (non-hydrogen) atoms. The summed E-state index contributed by atoms with van der Waals surface area (Å²) in [5, 5.41) is 4.94. The van der Waals surface area contributed by atoms with Crippen molar-refractivity contribution in [1.82, 2.24) is 5.32 Å². The van der Waals surface area contributed by atoms with Crippen LogP contribution < -0.4 is 10.6 Å². The number of benzene rings is 2. The normalized spacial score (nSPS) is 11.4. The van der Waals surface area contributed by atoms with Crippen molar-refractivity contribution in [2.24, 2.45) is 0 Å². The Morgan fingerprint density at radius 1 is 1.08 bits per heavy atom. The Bertz CT molecular complexity index is 818. The van der Waals surface area contributed by atoms with Gasteiger partial charge in [0.15, 0.2) is 0 Å². The first-order valence-corrected chi connectivity index (χ1v) is 7.80. The molecule has 2 rings (SSSR count). The number of rotatable bonds is 5. The van der Waals surface area contributed by atoms with Crippen LogP contribution in [-0.2, 0) is 16.1 Å². The Morgan fingerprint density at radius 3 is 2.38 bits per heavy atom. The predicted octanol–water partition coefficient (Wildman–Crippen LogP) is 4.17. The van der Waals surface area contributed by atoms with Crippen molar-refractivity contribution in [2.75, 3.05) is 5.32 Å². The second kappa shape index (κ2) is 8.53. The van der Waals surface area contributed by atoms with Gasteiger partial charge in [-0.25, -0.2) is 0 Å². The molecule has 0 atom stereocenters. The quantitative estimate of drug-likeness (QED) is 0.762. The van der Waals surface area contributed by atoms with Crippen LogP contribution in [0, 0.1) is 0 Å². The molecule has 0 unspecified atom stereocenters. The minimum Gasteiger partial charge on any atom is -0.344 e. The predicted molar refractivity (Wildman–Crippen MR) is 93.5 cm³/mol. The fraction of sp³-hybridized carbons (Fsp3) is 0.111. The second-order valence-electron chi connectivity index (χ2n) is 5.25. The van der Waals surface area contributed by atoms with Crippen LogP contribution in [0.1, 0.15) is 11.1 Å². The minimum absolute atomic E-state index is 0.263. The maximum Gasteiger partial charge on any atom is 0.471 e. The summed E-state index contributed by atoms with van der Waals surface area (Å²) in [6, 6.07) is 13.0. The highest BCUT2D eigenvalue weighted by atomic mass is 35.5. The van der Waals surface area contributed by atoms with Gasteiger partial charge in [0.2, 0.25) is 5.91 Å². The van der Waals surface area contributed by atoms with E-state index >= 15 is 0 Å². The molecule has 0 aliphatic heterocycles. The van der Waals surface area contributed by atoms with E-state index in [1.807, 2.05) is 0 Å². The maximum absolute atomic E-state index is 12.1. The van der Waals surface area contributed by atoms with Gasteiger partial charge in [-0.05, 0) is 41.5 Å². The van der Waals surface area contributed by atoms with Crippen LogP contribution in [0.4, 0.5) is 18.9 Å². The average Bonchev–Trinajstić information content (AvgIpc) is 2.58. The number of amides is 2. The van der Waals surface area contributed by atoms with E-state index in [4.69, 9.17) is 11.6 Å². The fourth-order valence-electron chi connectivity index (χ4n) is 1.95. The molecule has 0 spiro atoms. The lowest BCUT2D eigenvalue weighted by atomic mass is 10.2. The smallest absolute Gasteiger partial charge is 0.344 e. The van der Waals surface area contributed by atoms with Gasteiger partial charge in [-0.3, -0.25) is 9.59 Å². The molecule has 4 nitrogen and oxygen atoms in total. The van der Waals surface area contributed by atoms with Crippen molar-refractivity contribution in [3.05, 3.63) is 70.8 Å². The summed E-state index contributed by atoms with van der Waals surface area (Å²) in [7, 11) is 0. The van der Waals surface area contributed by atoms with Gasteiger partial charge in [0.05, 0.1) is 0 Å². The zero-order valence-electron chi connectivity index (χ0n) is 13.3. The van der Waals surface area contributed by atoms with E-state index in [-0.39, 0.29) is 12.5 Å². The van der Waals surface area contributed by atoms with Crippen molar-refractivity contribution in [3.8, 4) is 0 Å². The van der Waals surface area contributed by atoms with E-state index in [1.54, 1.807) is 35.7 Å². The Hall–Kier alpha value is -2.80. The summed E-state index contributed by atoms with van der Waals surface area (Å²) in [4.78, 5) is 22.6. The zero-order valence-corrected chi connectivity index (χ0v) is 14.1. The molecule has 0 aliphatic rings. The highest BCUT2D eigenvalue weighted by Crippen LogP contribution is 2.15. The van der Waals surface area contributed by atoms with Crippen molar-refractivity contribution in [1.29, 1.82) is 0 Å². The Kier molecular flexibility index (Phi) is 6.41. The molecular weight excluding hydrogens is 369 g/mol. The van der Waals surface area contributed by atoms with Crippen LogP contribution in [-0.4, -0.2) is 18.0 Å². The molecule has 0 radical (unpaired) electrons. The molecule has 0 bridgehead atoms. The van der Waals surface area contributed by atoms with E-state index in [0.29, 0.717) is 16.3 Å². The van der Waals surface area contributed by atoms with E-state index in [2.05, 4.69) is 5.32 Å². The lowest BCUT2D eigenvalue weighted by molar-refractivity contribution is -0.173. The maximum atomic E-state index is 12.1. The molecular formula is C18H14ClF3N2O2. The first kappa shape index (κ1) is 19.5. The summed E-state index contributed by atoms with van der Waals surface area (Å²) >= 11 is 5.85. The third-order valence-corrected chi connectivity index (χ3v) is 3.44. The van der Waals surface area contributed by atoms with Gasteiger partial charge in [-0.1, -0.05) is 35.9 Å². The molecule has 0 saturated heterocycles. The van der Waals surface area contributed by atoms with Crippen LogP contribution in [0.5, 0.6) is 0 Å². The third-order valence-electron chi connectivity index (χ3n) is 3.21. The number of halogens is 4. The van der Waals surface area contributed by atoms with Crippen LogP contribution in [0.2, 0.25) is 5.02 Å². The van der Waals surface area contributed by atoms with Gasteiger partial charge in [0.1, 0.15) is 0 Å². The average molecular weight is 383 g/mol. The number of nitrogens with one attached hydrogen (secondary N) is 2. The van der Waals surface area contributed by atoms with E-state index in [0.717, 1.165) is 5.56 Å². The Balaban J connectivity index is 1.88. The lowest BCUT2D eigenvalue weighted by Gasteiger charge is -2.08. The van der Waals surface area contributed by atoms with Gasteiger partial charge >= 0.3 is 12.1 Å². The standard InChI is InChI=1S/C18H14ClF3N2O2/c19-14-3-1-2-12(10-14)6-9-16(25)24-15-7-4-13(5-8-15)11-23-17(26)18(20,21)22/h1-10H,11H2,(H,23,26)(H,24,25)/b9-6+. The molecule has 8 heteroatoms. The summed E-state index contributed by atoms with van der Waals surface area (Å²) < 4.78 is 36.3. The fourth-order valence-corrected chi connectivity index (χ4v) is 2.15. The Morgan fingerprint density at radius 2 is 1.77 bits per heavy atom. The van der Waals surface area contributed by atoms with Crippen LogP contribution >= 0.6 is 11.6 Å². The number of alkyl halides is 3. The summed E-state index contributed by atoms with van der Waals surface area (Å²) in [5.41, 5.74) is 1.70. The van der Waals surface area contributed by atoms with Gasteiger partial charge in [-0.2, -0.15) is 13.2 Å². The zero-order chi connectivity index (χ0) is 19.2.